The fraction of sp³-hybridized carbons (Fsp3) is 0.128. The smallest absolute Gasteiger partial charge is 0.0643 e. The third-order valence-electron chi connectivity index (χ3n) is 7.88. The van der Waals surface area contributed by atoms with Crippen molar-refractivity contribution < 1.29 is 0 Å². The zero-order valence-electron chi connectivity index (χ0n) is 24.0. The first-order valence-electron chi connectivity index (χ1n) is 14.3. The second-order valence-corrected chi connectivity index (χ2v) is 11.1. The Morgan fingerprint density at radius 2 is 1.07 bits per heavy atom. The van der Waals surface area contributed by atoms with Gasteiger partial charge in [-0.3, -0.25) is 0 Å². The van der Waals surface area contributed by atoms with Gasteiger partial charge in [0, 0.05) is 28.4 Å². The van der Waals surface area contributed by atoms with E-state index < -0.39 is 0 Å². The van der Waals surface area contributed by atoms with Gasteiger partial charge in [0.1, 0.15) is 0 Å². The van der Waals surface area contributed by atoms with Crippen molar-refractivity contribution in [2.45, 2.75) is 32.7 Å². The highest BCUT2D eigenvalue weighted by molar-refractivity contribution is 5.81. The van der Waals surface area contributed by atoms with Crippen LogP contribution in [0.5, 0.6) is 0 Å². The second kappa shape index (κ2) is 11.3. The maximum atomic E-state index is 2.46. The van der Waals surface area contributed by atoms with E-state index in [0.29, 0.717) is 0 Å². The van der Waals surface area contributed by atoms with E-state index in [1.54, 1.807) is 0 Å². The van der Waals surface area contributed by atoms with Gasteiger partial charge in [0.2, 0.25) is 0 Å². The zero-order chi connectivity index (χ0) is 28.2. The van der Waals surface area contributed by atoms with Crippen molar-refractivity contribution in [2.75, 3.05) is 9.80 Å². The summed E-state index contributed by atoms with van der Waals surface area (Å²) in [4.78, 5) is 4.78. The summed E-state index contributed by atoms with van der Waals surface area (Å²) in [5.74, 6) is 0. The van der Waals surface area contributed by atoms with Crippen molar-refractivity contribution in [1.29, 1.82) is 0 Å². The third kappa shape index (κ3) is 5.60. The molecule has 0 saturated carbocycles. The molecule has 0 bridgehead atoms. The molecule has 2 heteroatoms. The number of nitrogens with zero attached hydrogens (tertiary/aromatic N) is 2. The number of benzene rings is 5. The monoisotopic (exact) mass is 532 g/mol. The van der Waals surface area contributed by atoms with E-state index in [-0.39, 0.29) is 5.54 Å². The molecule has 0 spiro atoms. The molecule has 0 aromatic heterocycles. The average Bonchev–Trinajstić information content (AvgIpc) is 2.99. The summed E-state index contributed by atoms with van der Waals surface area (Å²) in [6, 6.07) is 47.7. The standard InChI is InChI=1S/C39H36N2/c1-30-12-10-18-37(28-30)40(34-14-6-4-7-15-34)35-22-20-32(21-23-35)33-24-26-39(3,27-25-33)41(36-16-8-5-9-17-36)38-19-11-13-31(2)29-38/h4-26,28-29H,27H2,1-3H3. The van der Waals surface area contributed by atoms with Crippen LogP contribution in [0.3, 0.4) is 0 Å². The molecule has 0 radical (unpaired) electrons. The van der Waals surface area contributed by atoms with Gasteiger partial charge >= 0.3 is 0 Å². The summed E-state index contributed by atoms with van der Waals surface area (Å²) < 4.78 is 0. The van der Waals surface area contributed by atoms with Gasteiger partial charge in [-0.2, -0.15) is 0 Å². The first kappa shape index (κ1) is 26.4. The maximum Gasteiger partial charge on any atom is 0.0643 e. The first-order chi connectivity index (χ1) is 20.0. The molecule has 1 unspecified atom stereocenters. The predicted octanol–water partition coefficient (Wildman–Crippen LogP) is 10.7. The Morgan fingerprint density at radius 3 is 1.66 bits per heavy atom. The normalized spacial score (nSPS) is 16.2. The lowest BCUT2D eigenvalue weighted by Crippen LogP contribution is -2.42. The fourth-order valence-electron chi connectivity index (χ4n) is 5.78. The number of allylic oxidation sites excluding steroid dienone is 2. The average molecular weight is 533 g/mol. The number of aryl methyl sites for hydroxylation is 2. The van der Waals surface area contributed by atoms with Gasteiger partial charge in [-0.1, -0.05) is 91.0 Å². The molecular formula is C39H36N2. The third-order valence-corrected chi connectivity index (χ3v) is 7.88. The molecule has 41 heavy (non-hydrogen) atoms. The minimum absolute atomic E-state index is 0.187. The molecule has 5 aromatic rings. The molecule has 1 atom stereocenters. The molecule has 0 aliphatic heterocycles. The minimum atomic E-state index is -0.187. The number of hydrogen-bond donors (Lipinski definition) is 0. The Bertz CT molecular complexity index is 1680. The van der Waals surface area contributed by atoms with E-state index in [0.717, 1.165) is 23.5 Å². The summed E-state index contributed by atoms with van der Waals surface area (Å²) in [6.07, 6.45) is 7.95. The van der Waals surface area contributed by atoms with Crippen LogP contribution in [0.25, 0.3) is 5.57 Å². The highest BCUT2D eigenvalue weighted by Gasteiger charge is 2.32. The SMILES string of the molecule is Cc1cccc(N(c2ccccc2)c2ccc(C3=CCC(C)(N(c4ccccc4)c4cccc(C)c4)C=C3)cc2)c1. The first-order valence-corrected chi connectivity index (χ1v) is 14.3. The van der Waals surface area contributed by atoms with Gasteiger partial charge in [0.25, 0.3) is 0 Å². The molecule has 0 amide bonds. The van der Waals surface area contributed by atoms with Gasteiger partial charge in [-0.15, -0.1) is 0 Å². The van der Waals surface area contributed by atoms with Gasteiger partial charge in [0.05, 0.1) is 5.54 Å². The van der Waals surface area contributed by atoms with E-state index >= 15 is 0 Å². The van der Waals surface area contributed by atoms with Crippen LogP contribution in [0, 0.1) is 13.8 Å². The Morgan fingerprint density at radius 1 is 0.537 bits per heavy atom. The maximum absolute atomic E-state index is 2.46. The topological polar surface area (TPSA) is 6.48 Å². The Balaban J connectivity index is 1.29. The number of anilines is 5. The van der Waals surface area contributed by atoms with Crippen LogP contribution in [0.15, 0.2) is 152 Å². The molecule has 0 heterocycles. The zero-order valence-corrected chi connectivity index (χ0v) is 24.0. The van der Waals surface area contributed by atoms with Crippen molar-refractivity contribution in [2.24, 2.45) is 0 Å². The van der Waals surface area contributed by atoms with E-state index in [1.807, 2.05) is 0 Å². The van der Waals surface area contributed by atoms with Crippen molar-refractivity contribution in [3.05, 3.63) is 168 Å². The van der Waals surface area contributed by atoms with Crippen molar-refractivity contribution in [3.63, 3.8) is 0 Å². The van der Waals surface area contributed by atoms with Crippen molar-refractivity contribution in [1.82, 2.24) is 0 Å². The molecular weight excluding hydrogens is 496 g/mol. The minimum Gasteiger partial charge on any atom is -0.332 e. The second-order valence-electron chi connectivity index (χ2n) is 11.1. The summed E-state index contributed by atoms with van der Waals surface area (Å²) in [6.45, 7) is 6.63. The lowest BCUT2D eigenvalue weighted by Gasteiger charge is -2.42. The Hall–Kier alpha value is -4.82. The van der Waals surface area contributed by atoms with Crippen LogP contribution in [-0.2, 0) is 0 Å². The van der Waals surface area contributed by atoms with Crippen LogP contribution >= 0.6 is 0 Å². The summed E-state index contributed by atoms with van der Waals surface area (Å²) in [5, 5.41) is 0. The molecule has 0 saturated heterocycles. The molecule has 6 rings (SSSR count). The molecule has 1 aliphatic rings. The van der Waals surface area contributed by atoms with Crippen molar-refractivity contribution >= 4 is 34.0 Å². The van der Waals surface area contributed by atoms with Crippen molar-refractivity contribution in [3.8, 4) is 0 Å². The van der Waals surface area contributed by atoms with Crippen LogP contribution < -0.4 is 9.80 Å². The van der Waals surface area contributed by atoms with Gasteiger partial charge in [-0.25, -0.2) is 0 Å². The van der Waals surface area contributed by atoms with Crippen LogP contribution in [0.4, 0.5) is 28.4 Å². The largest absolute Gasteiger partial charge is 0.332 e. The van der Waals surface area contributed by atoms with E-state index in [2.05, 4.69) is 182 Å². The lowest BCUT2D eigenvalue weighted by atomic mass is 9.85. The molecule has 202 valence electrons. The quantitative estimate of drug-likeness (QED) is 0.206. The van der Waals surface area contributed by atoms with Gasteiger partial charge in [0.15, 0.2) is 0 Å². The Kier molecular flexibility index (Phi) is 7.31. The molecule has 2 nitrogen and oxygen atoms in total. The van der Waals surface area contributed by atoms with Crippen LogP contribution in [0.2, 0.25) is 0 Å². The number of hydrogen-bond acceptors (Lipinski definition) is 2. The highest BCUT2D eigenvalue weighted by atomic mass is 15.2. The summed E-state index contributed by atoms with van der Waals surface area (Å²) in [7, 11) is 0. The summed E-state index contributed by atoms with van der Waals surface area (Å²) in [5.41, 5.74) is 10.7. The van der Waals surface area contributed by atoms with Gasteiger partial charge < -0.3 is 9.80 Å². The van der Waals surface area contributed by atoms with Crippen LogP contribution in [-0.4, -0.2) is 5.54 Å². The Labute approximate surface area is 244 Å². The predicted molar refractivity (Wildman–Crippen MR) is 176 cm³/mol. The van der Waals surface area contributed by atoms with E-state index in [1.165, 1.54) is 33.6 Å². The number of para-hydroxylation sites is 2. The molecule has 0 fully saturated rings. The molecule has 0 N–H and O–H groups in total. The fourth-order valence-corrected chi connectivity index (χ4v) is 5.78. The van der Waals surface area contributed by atoms with Crippen LogP contribution in [0.1, 0.15) is 30.0 Å². The van der Waals surface area contributed by atoms with E-state index in [9.17, 15) is 0 Å². The summed E-state index contributed by atoms with van der Waals surface area (Å²) >= 11 is 0. The lowest BCUT2D eigenvalue weighted by molar-refractivity contribution is 0.571. The van der Waals surface area contributed by atoms with E-state index in [4.69, 9.17) is 0 Å². The molecule has 5 aromatic carbocycles. The number of rotatable bonds is 7. The highest BCUT2D eigenvalue weighted by Crippen LogP contribution is 2.41. The van der Waals surface area contributed by atoms with Gasteiger partial charge in [-0.05, 0) is 110 Å². The molecule has 1 aliphatic carbocycles.